The van der Waals surface area contributed by atoms with E-state index in [1.165, 1.54) is 13.2 Å². The largest absolute Gasteiger partial charge is 0.497 e. The smallest absolute Gasteiger partial charge is 0.350 e. The molecule has 0 spiro atoms. The fourth-order valence-electron chi connectivity index (χ4n) is 2.46. The first-order valence-corrected chi connectivity index (χ1v) is 8.82. The Labute approximate surface area is 157 Å². The molecular weight excluding hydrogens is 372 g/mol. The summed E-state index contributed by atoms with van der Waals surface area (Å²) in [7, 11) is 1.49. The van der Waals surface area contributed by atoms with E-state index in [9.17, 15) is 14.4 Å². The summed E-state index contributed by atoms with van der Waals surface area (Å²) in [4.78, 5) is 40.9. The first-order chi connectivity index (χ1) is 12.9. The van der Waals surface area contributed by atoms with Crippen molar-refractivity contribution in [3.63, 3.8) is 0 Å². The van der Waals surface area contributed by atoms with Crippen LogP contribution in [0.15, 0.2) is 33.5 Å². The third kappa shape index (κ3) is 3.82. The number of hydrogen-bond donors (Lipinski definition) is 1. The number of carbonyl (C=O) groups excluding carboxylic acids is 2. The number of benzene rings is 1. The molecule has 0 atom stereocenters. The molecular formula is C18H16N2O6S. The molecule has 9 heteroatoms. The molecule has 0 saturated heterocycles. The Kier molecular flexibility index (Phi) is 5.22. The molecule has 0 fully saturated rings. The molecule has 0 aliphatic heterocycles. The second kappa shape index (κ2) is 7.58. The number of anilines is 1. The van der Waals surface area contributed by atoms with E-state index in [-0.39, 0.29) is 22.9 Å². The summed E-state index contributed by atoms with van der Waals surface area (Å²) in [5, 5.41) is 3.30. The Bertz CT molecular complexity index is 1090. The summed E-state index contributed by atoms with van der Waals surface area (Å²) >= 11 is 1.01. The van der Waals surface area contributed by atoms with E-state index >= 15 is 0 Å². The molecule has 2 aromatic heterocycles. The van der Waals surface area contributed by atoms with E-state index in [0.29, 0.717) is 21.7 Å². The molecule has 0 bridgehead atoms. The number of ether oxygens (including phenoxy) is 2. The van der Waals surface area contributed by atoms with Crippen molar-refractivity contribution in [2.45, 2.75) is 13.8 Å². The van der Waals surface area contributed by atoms with Gasteiger partial charge >= 0.3 is 11.6 Å². The van der Waals surface area contributed by atoms with Crippen molar-refractivity contribution in [1.29, 1.82) is 0 Å². The van der Waals surface area contributed by atoms with Gasteiger partial charge in [-0.05, 0) is 26.0 Å². The van der Waals surface area contributed by atoms with E-state index in [4.69, 9.17) is 13.9 Å². The highest BCUT2D eigenvalue weighted by Crippen LogP contribution is 2.26. The van der Waals surface area contributed by atoms with Crippen LogP contribution in [0.1, 0.15) is 32.6 Å². The van der Waals surface area contributed by atoms with Crippen molar-refractivity contribution in [2.24, 2.45) is 0 Å². The lowest BCUT2D eigenvalue weighted by molar-refractivity contribution is 0.0531. The van der Waals surface area contributed by atoms with Crippen LogP contribution in [0.5, 0.6) is 5.75 Å². The number of nitrogens with zero attached hydrogens (tertiary/aromatic N) is 1. The van der Waals surface area contributed by atoms with Crippen molar-refractivity contribution in [3.8, 4) is 5.75 Å². The Morgan fingerprint density at radius 3 is 2.78 bits per heavy atom. The first kappa shape index (κ1) is 18.6. The van der Waals surface area contributed by atoms with Gasteiger partial charge in [0.2, 0.25) is 0 Å². The van der Waals surface area contributed by atoms with Crippen LogP contribution in [0.25, 0.3) is 11.0 Å². The summed E-state index contributed by atoms with van der Waals surface area (Å²) in [6.07, 6.45) is 0. The van der Waals surface area contributed by atoms with Gasteiger partial charge < -0.3 is 13.9 Å². The van der Waals surface area contributed by atoms with Crippen LogP contribution < -0.4 is 15.7 Å². The molecule has 8 nitrogen and oxygen atoms in total. The van der Waals surface area contributed by atoms with Gasteiger partial charge in [-0.25, -0.2) is 14.6 Å². The van der Waals surface area contributed by atoms with Gasteiger partial charge in [0.15, 0.2) is 5.13 Å². The maximum Gasteiger partial charge on any atom is 0.350 e. The van der Waals surface area contributed by atoms with Crippen LogP contribution >= 0.6 is 11.3 Å². The highest BCUT2D eigenvalue weighted by molar-refractivity contribution is 7.17. The van der Waals surface area contributed by atoms with Crippen LogP contribution in [0.4, 0.5) is 5.13 Å². The molecule has 1 N–H and O–H groups in total. The van der Waals surface area contributed by atoms with Crippen molar-refractivity contribution in [3.05, 3.63) is 50.8 Å². The average Bonchev–Trinajstić information content (AvgIpc) is 3.00. The number of carbonyl (C=O) groups is 2. The van der Waals surface area contributed by atoms with Gasteiger partial charge in [-0.2, -0.15) is 0 Å². The zero-order valence-electron chi connectivity index (χ0n) is 14.8. The molecule has 0 aliphatic rings. The van der Waals surface area contributed by atoms with E-state index in [1.54, 1.807) is 26.0 Å². The Morgan fingerprint density at radius 2 is 2.07 bits per heavy atom. The zero-order valence-corrected chi connectivity index (χ0v) is 15.6. The second-order valence-electron chi connectivity index (χ2n) is 5.45. The quantitative estimate of drug-likeness (QED) is 0.529. The van der Waals surface area contributed by atoms with Crippen molar-refractivity contribution < 1.29 is 23.5 Å². The van der Waals surface area contributed by atoms with Crippen molar-refractivity contribution in [2.75, 3.05) is 19.0 Å². The van der Waals surface area contributed by atoms with Gasteiger partial charge in [0, 0.05) is 17.5 Å². The average molecular weight is 388 g/mol. The standard InChI is InChI=1S/C18H16N2O6S/c1-4-25-17(23)15-9(2)19-18(27-15)20-16(22)12-8-14(21)26-13-7-10(24-3)5-6-11(12)13/h5-8H,4H2,1-3H3,(H,19,20,22). The molecule has 3 rings (SSSR count). The van der Waals surface area contributed by atoms with Crippen LogP contribution in [0, 0.1) is 6.92 Å². The normalized spacial score (nSPS) is 10.6. The summed E-state index contributed by atoms with van der Waals surface area (Å²) in [5.41, 5.74) is 0.156. The number of nitrogens with one attached hydrogen (secondary N) is 1. The lowest BCUT2D eigenvalue weighted by Crippen LogP contribution is -2.15. The molecule has 3 aromatic rings. The number of rotatable bonds is 5. The molecule has 0 aliphatic carbocycles. The minimum atomic E-state index is -0.663. The zero-order chi connectivity index (χ0) is 19.6. The third-order valence-corrected chi connectivity index (χ3v) is 4.73. The molecule has 1 amide bonds. The highest BCUT2D eigenvalue weighted by atomic mass is 32.1. The number of hydrogen-bond acceptors (Lipinski definition) is 8. The van der Waals surface area contributed by atoms with E-state index < -0.39 is 17.5 Å². The number of fused-ring (bicyclic) bond motifs is 1. The molecule has 2 heterocycles. The Balaban J connectivity index is 1.94. The van der Waals surface area contributed by atoms with Crippen molar-refractivity contribution in [1.82, 2.24) is 4.98 Å². The maximum absolute atomic E-state index is 12.7. The van der Waals surface area contributed by atoms with Gasteiger partial charge in [0.25, 0.3) is 5.91 Å². The third-order valence-electron chi connectivity index (χ3n) is 3.67. The lowest BCUT2D eigenvalue weighted by atomic mass is 10.1. The fraction of sp³-hybridized carbons (Fsp3) is 0.222. The first-order valence-electron chi connectivity index (χ1n) is 8.00. The van der Waals surface area contributed by atoms with Crippen LogP contribution in [-0.4, -0.2) is 30.6 Å². The minimum absolute atomic E-state index is 0.134. The number of aryl methyl sites for hydroxylation is 1. The number of thiazole rings is 1. The van der Waals surface area contributed by atoms with Crippen LogP contribution in [0.2, 0.25) is 0 Å². The summed E-state index contributed by atoms with van der Waals surface area (Å²) in [5.74, 6) is -0.536. The van der Waals surface area contributed by atoms with Gasteiger partial charge in [-0.1, -0.05) is 11.3 Å². The molecule has 0 unspecified atom stereocenters. The van der Waals surface area contributed by atoms with Gasteiger partial charge in [0.05, 0.1) is 25.0 Å². The summed E-state index contributed by atoms with van der Waals surface area (Å²) < 4.78 is 15.2. The molecule has 27 heavy (non-hydrogen) atoms. The lowest BCUT2D eigenvalue weighted by Gasteiger charge is -2.06. The van der Waals surface area contributed by atoms with Gasteiger partial charge in [0.1, 0.15) is 16.2 Å². The number of esters is 1. The topological polar surface area (TPSA) is 108 Å². The number of methoxy groups -OCH3 is 1. The Morgan fingerprint density at radius 1 is 1.30 bits per heavy atom. The minimum Gasteiger partial charge on any atom is -0.497 e. The summed E-state index contributed by atoms with van der Waals surface area (Å²) in [6.45, 7) is 3.60. The second-order valence-corrected chi connectivity index (χ2v) is 6.45. The molecule has 0 saturated carbocycles. The highest BCUT2D eigenvalue weighted by Gasteiger charge is 2.19. The number of aromatic nitrogens is 1. The monoisotopic (exact) mass is 388 g/mol. The Hall–Kier alpha value is -3.20. The molecule has 0 radical (unpaired) electrons. The fourth-order valence-corrected chi connectivity index (χ4v) is 3.31. The summed E-state index contributed by atoms with van der Waals surface area (Å²) in [6, 6.07) is 5.92. The van der Waals surface area contributed by atoms with Gasteiger partial charge in [-0.3, -0.25) is 10.1 Å². The van der Waals surface area contributed by atoms with Crippen molar-refractivity contribution >= 4 is 39.3 Å². The SMILES string of the molecule is CCOC(=O)c1sc(NC(=O)c2cc(=O)oc3cc(OC)ccc23)nc1C. The van der Waals surface area contributed by atoms with Gasteiger partial charge in [-0.15, -0.1) is 0 Å². The molecule has 1 aromatic carbocycles. The molecule has 140 valence electrons. The van der Waals surface area contributed by atoms with E-state index in [1.807, 2.05) is 0 Å². The maximum atomic E-state index is 12.7. The van der Waals surface area contributed by atoms with Crippen LogP contribution in [0.3, 0.4) is 0 Å². The predicted molar refractivity (Wildman–Crippen MR) is 99.8 cm³/mol. The van der Waals surface area contributed by atoms with E-state index in [0.717, 1.165) is 17.4 Å². The van der Waals surface area contributed by atoms with Crippen LogP contribution in [-0.2, 0) is 4.74 Å². The number of amides is 1. The predicted octanol–water partition coefficient (Wildman–Crippen LogP) is 3.00. The van der Waals surface area contributed by atoms with E-state index in [2.05, 4.69) is 10.3 Å².